The predicted molar refractivity (Wildman–Crippen MR) is 143 cm³/mol. The maximum absolute atomic E-state index is 3.19. The van der Waals surface area contributed by atoms with Gasteiger partial charge in [-0.3, -0.25) is 4.90 Å². The lowest BCUT2D eigenvalue weighted by molar-refractivity contribution is 0.0104. The SMILES string of the molecule is C1CCC(C(CC2CCC(N(C3CCCCC3)C3CCCCC3)CC2)C2CCCCC2)CC1. The molecule has 0 aromatic rings. The number of hydrogen-bond acceptors (Lipinski definition) is 1. The van der Waals surface area contributed by atoms with Crippen molar-refractivity contribution in [3.8, 4) is 0 Å². The molecule has 5 aliphatic rings. The van der Waals surface area contributed by atoms with E-state index in [1.54, 1.807) is 83.5 Å². The molecule has 1 nitrogen and oxygen atoms in total. The Morgan fingerprint density at radius 2 is 0.758 bits per heavy atom. The number of nitrogens with zero attached hydrogens (tertiary/aromatic N) is 1. The summed E-state index contributed by atoms with van der Waals surface area (Å²) in [7, 11) is 0. The Hall–Kier alpha value is -0.0400. The molecule has 1 heteroatoms. The molecule has 5 aliphatic carbocycles. The van der Waals surface area contributed by atoms with Gasteiger partial charge in [0.25, 0.3) is 0 Å². The van der Waals surface area contributed by atoms with Crippen LogP contribution in [-0.2, 0) is 0 Å². The van der Waals surface area contributed by atoms with Gasteiger partial charge in [-0.15, -0.1) is 0 Å². The molecular weight excluding hydrogens is 398 g/mol. The zero-order valence-electron chi connectivity index (χ0n) is 22.2. The lowest BCUT2D eigenvalue weighted by Crippen LogP contribution is -2.52. The fraction of sp³-hybridized carbons (Fsp3) is 1.00. The molecule has 5 saturated carbocycles. The van der Waals surface area contributed by atoms with Crippen molar-refractivity contribution in [1.82, 2.24) is 4.90 Å². The van der Waals surface area contributed by atoms with Crippen LogP contribution in [0.25, 0.3) is 0 Å². The summed E-state index contributed by atoms with van der Waals surface area (Å²) in [4.78, 5) is 3.19. The van der Waals surface area contributed by atoms with Crippen molar-refractivity contribution in [2.45, 2.75) is 179 Å². The van der Waals surface area contributed by atoms with Crippen LogP contribution in [0.3, 0.4) is 0 Å². The van der Waals surface area contributed by atoms with Gasteiger partial charge >= 0.3 is 0 Å². The monoisotopic (exact) mass is 455 g/mol. The third kappa shape index (κ3) is 6.59. The largest absolute Gasteiger partial charge is 0.294 e. The van der Waals surface area contributed by atoms with Crippen LogP contribution >= 0.6 is 0 Å². The summed E-state index contributed by atoms with van der Waals surface area (Å²) in [6.07, 6.45) is 38.5. The first-order chi connectivity index (χ1) is 16.4. The quantitative estimate of drug-likeness (QED) is 0.369. The summed E-state index contributed by atoms with van der Waals surface area (Å²) in [5.41, 5.74) is 0. The zero-order valence-corrected chi connectivity index (χ0v) is 22.2. The second-order valence-electron chi connectivity index (χ2n) is 13.4. The molecule has 0 aromatic heterocycles. The standard InChI is InChI=1S/C32H57N/c1-5-13-27(14-6-1)32(28-15-7-2-8-16-28)25-26-21-23-31(24-22-26)33(29-17-9-3-10-18-29)30-19-11-4-12-20-30/h26-32H,1-25H2. The molecular formula is C32H57N. The van der Waals surface area contributed by atoms with Crippen LogP contribution in [0.4, 0.5) is 0 Å². The lowest BCUT2D eigenvalue weighted by atomic mass is 9.65. The summed E-state index contributed by atoms with van der Waals surface area (Å²) < 4.78 is 0. The van der Waals surface area contributed by atoms with E-state index in [0.717, 1.165) is 41.8 Å². The molecule has 0 saturated heterocycles. The summed E-state index contributed by atoms with van der Waals surface area (Å²) in [5, 5.41) is 0. The lowest BCUT2D eigenvalue weighted by Gasteiger charge is -2.49. The van der Waals surface area contributed by atoms with E-state index in [1.165, 1.54) is 77.0 Å². The molecule has 5 rings (SSSR count). The van der Waals surface area contributed by atoms with E-state index in [1.807, 2.05) is 0 Å². The Morgan fingerprint density at radius 1 is 0.394 bits per heavy atom. The molecule has 0 unspecified atom stereocenters. The van der Waals surface area contributed by atoms with Crippen molar-refractivity contribution in [2.75, 3.05) is 0 Å². The molecule has 0 amide bonds. The second kappa shape index (κ2) is 12.8. The Balaban J connectivity index is 1.19. The highest BCUT2D eigenvalue weighted by molar-refractivity contribution is 4.92. The Kier molecular flexibility index (Phi) is 9.54. The van der Waals surface area contributed by atoms with Crippen LogP contribution in [0.2, 0.25) is 0 Å². The Bertz CT molecular complexity index is 489. The maximum Gasteiger partial charge on any atom is 0.0101 e. The van der Waals surface area contributed by atoms with Crippen molar-refractivity contribution < 1.29 is 0 Å². The van der Waals surface area contributed by atoms with Crippen molar-refractivity contribution in [3.05, 3.63) is 0 Å². The van der Waals surface area contributed by atoms with Crippen molar-refractivity contribution >= 4 is 0 Å². The summed E-state index contributed by atoms with van der Waals surface area (Å²) in [6, 6.07) is 2.83. The maximum atomic E-state index is 3.19. The van der Waals surface area contributed by atoms with E-state index in [0.29, 0.717) is 0 Å². The first-order valence-electron chi connectivity index (χ1n) is 16.2. The smallest absolute Gasteiger partial charge is 0.0101 e. The minimum atomic E-state index is 0.940. The van der Waals surface area contributed by atoms with Crippen molar-refractivity contribution in [3.63, 3.8) is 0 Å². The minimum Gasteiger partial charge on any atom is -0.294 e. The molecule has 0 spiro atoms. The molecule has 0 aliphatic heterocycles. The number of rotatable bonds is 7. The van der Waals surface area contributed by atoms with Crippen LogP contribution in [0.1, 0.15) is 161 Å². The second-order valence-corrected chi connectivity index (χ2v) is 13.4. The van der Waals surface area contributed by atoms with Crippen LogP contribution < -0.4 is 0 Å². The van der Waals surface area contributed by atoms with E-state index in [4.69, 9.17) is 0 Å². The minimum absolute atomic E-state index is 0.940. The van der Waals surface area contributed by atoms with E-state index < -0.39 is 0 Å². The van der Waals surface area contributed by atoms with Gasteiger partial charge in [0.15, 0.2) is 0 Å². The highest BCUT2D eigenvalue weighted by Gasteiger charge is 2.38. The average molecular weight is 456 g/mol. The first kappa shape index (κ1) is 24.6. The van der Waals surface area contributed by atoms with E-state index in [9.17, 15) is 0 Å². The molecule has 0 N–H and O–H groups in total. The van der Waals surface area contributed by atoms with Gasteiger partial charge in [-0.05, 0) is 81.5 Å². The molecule has 0 bridgehead atoms. The molecule has 190 valence electrons. The van der Waals surface area contributed by atoms with E-state index in [-0.39, 0.29) is 0 Å². The number of hydrogen-bond donors (Lipinski definition) is 0. The topological polar surface area (TPSA) is 3.24 Å². The van der Waals surface area contributed by atoms with E-state index in [2.05, 4.69) is 4.90 Å². The van der Waals surface area contributed by atoms with Crippen LogP contribution in [0.5, 0.6) is 0 Å². The van der Waals surface area contributed by atoms with Gasteiger partial charge in [0.2, 0.25) is 0 Å². The Morgan fingerprint density at radius 3 is 1.18 bits per heavy atom. The van der Waals surface area contributed by atoms with Crippen LogP contribution in [0.15, 0.2) is 0 Å². The molecule has 5 fully saturated rings. The zero-order chi connectivity index (χ0) is 22.3. The van der Waals surface area contributed by atoms with Gasteiger partial charge in [0.1, 0.15) is 0 Å². The molecule has 0 atom stereocenters. The average Bonchev–Trinajstić information content (AvgIpc) is 2.91. The van der Waals surface area contributed by atoms with Crippen molar-refractivity contribution in [2.24, 2.45) is 23.7 Å². The van der Waals surface area contributed by atoms with Gasteiger partial charge in [-0.25, -0.2) is 0 Å². The summed E-state index contributed by atoms with van der Waals surface area (Å²) in [6.45, 7) is 0. The van der Waals surface area contributed by atoms with Gasteiger partial charge < -0.3 is 0 Å². The van der Waals surface area contributed by atoms with E-state index >= 15 is 0 Å². The van der Waals surface area contributed by atoms with Gasteiger partial charge in [0, 0.05) is 18.1 Å². The first-order valence-corrected chi connectivity index (χ1v) is 16.2. The third-order valence-corrected chi connectivity index (χ3v) is 11.3. The molecule has 0 aromatic carbocycles. The fourth-order valence-corrected chi connectivity index (χ4v) is 9.61. The normalized spacial score (nSPS) is 32.5. The van der Waals surface area contributed by atoms with Crippen LogP contribution in [0, 0.1) is 23.7 Å². The van der Waals surface area contributed by atoms with Gasteiger partial charge in [-0.2, -0.15) is 0 Å². The molecule has 33 heavy (non-hydrogen) atoms. The van der Waals surface area contributed by atoms with Gasteiger partial charge in [0.05, 0.1) is 0 Å². The molecule has 0 heterocycles. The summed E-state index contributed by atoms with van der Waals surface area (Å²) >= 11 is 0. The Labute approximate surface area is 207 Å². The van der Waals surface area contributed by atoms with Gasteiger partial charge in [-0.1, -0.05) is 103 Å². The fourth-order valence-electron chi connectivity index (χ4n) is 9.61. The molecule has 0 radical (unpaired) electrons. The highest BCUT2D eigenvalue weighted by atomic mass is 15.2. The predicted octanol–water partition coefficient (Wildman–Crippen LogP) is 9.68. The van der Waals surface area contributed by atoms with Crippen molar-refractivity contribution in [1.29, 1.82) is 0 Å². The van der Waals surface area contributed by atoms with Crippen LogP contribution in [-0.4, -0.2) is 23.0 Å². The third-order valence-electron chi connectivity index (χ3n) is 11.3. The highest BCUT2D eigenvalue weighted by Crippen LogP contribution is 2.46. The summed E-state index contributed by atoms with van der Waals surface area (Å²) in [5.74, 6) is 4.36.